The molecule has 3 fully saturated rings. The van der Waals surface area contributed by atoms with Crippen LogP contribution in [0.3, 0.4) is 0 Å². The number of ether oxygens (including phenoxy) is 3. The first-order valence-electron chi connectivity index (χ1n) is 16.6. The predicted octanol–water partition coefficient (Wildman–Crippen LogP) is 7.22. The van der Waals surface area contributed by atoms with Crippen LogP contribution in [0, 0.1) is 16.9 Å². The quantitative estimate of drug-likeness (QED) is 0.120. The fourth-order valence-electron chi connectivity index (χ4n) is 7.17. The zero-order valence-corrected chi connectivity index (χ0v) is 29.6. The third-order valence-electron chi connectivity index (χ3n) is 9.88. The van der Waals surface area contributed by atoms with Gasteiger partial charge in [-0.15, -0.1) is 0 Å². The van der Waals surface area contributed by atoms with Gasteiger partial charge in [-0.05, 0) is 79.2 Å². The van der Waals surface area contributed by atoms with E-state index in [1.807, 2.05) is 0 Å². The number of aromatic nitrogens is 1. The van der Waals surface area contributed by atoms with Crippen molar-refractivity contribution in [2.45, 2.75) is 43.7 Å². The number of carbonyl (C=O) groups excluding carboxylic acids is 1. The van der Waals surface area contributed by atoms with Crippen molar-refractivity contribution >= 4 is 41.0 Å². The molecule has 3 aromatic carbocycles. The molecule has 0 saturated carbocycles. The van der Waals surface area contributed by atoms with Crippen molar-refractivity contribution in [2.75, 3.05) is 38.8 Å². The van der Waals surface area contributed by atoms with Crippen LogP contribution in [0.25, 0.3) is 0 Å². The number of nitrogens with zero attached hydrogens (tertiary/aromatic N) is 3. The molecule has 1 aromatic heterocycles. The molecular weight excluding hydrogens is 700 g/mol. The molecule has 1 unspecified atom stereocenters. The van der Waals surface area contributed by atoms with Crippen molar-refractivity contribution in [1.82, 2.24) is 4.90 Å². The average molecular weight is 739 g/mol. The van der Waals surface area contributed by atoms with E-state index in [4.69, 9.17) is 37.4 Å². The molecule has 7 rings (SSSR count). The van der Waals surface area contributed by atoms with Gasteiger partial charge in [-0.25, -0.2) is 9.18 Å². The summed E-state index contributed by atoms with van der Waals surface area (Å²) in [6.45, 7) is 2.61. The molecule has 4 heterocycles. The number of piperidine rings is 3. The Hall–Kier alpha value is -4.58. The summed E-state index contributed by atoms with van der Waals surface area (Å²) >= 11 is 12.9. The number of pyridine rings is 1. The first-order chi connectivity index (χ1) is 24.6. The molecule has 3 saturated heterocycles. The normalized spacial score (nSPS) is 19.2. The number of halogens is 3. The fourth-order valence-corrected chi connectivity index (χ4v) is 7.77. The second-order valence-electron chi connectivity index (χ2n) is 12.9. The topological polar surface area (TPSA) is 115 Å². The molecule has 0 radical (unpaired) electrons. The van der Waals surface area contributed by atoms with Crippen molar-refractivity contribution in [3.8, 4) is 11.5 Å². The van der Waals surface area contributed by atoms with Crippen molar-refractivity contribution in [3.63, 3.8) is 0 Å². The maximum Gasteiger partial charge on any atom is 0.415 e. The Morgan fingerprint density at radius 1 is 0.980 bits per heavy atom. The van der Waals surface area contributed by atoms with Crippen LogP contribution in [0.2, 0.25) is 10.0 Å². The van der Waals surface area contributed by atoms with Crippen molar-refractivity contribution in [2.24, 2.45) is 5.92 Å². The second kappa shape index (κ2) is 15.8. The molecule has 268 valence electrons. The van der Waals surface area contributed by atoms with Crippen LogP contribution in [0.5, 0.6) is 11.5 Å². The van der Waals surface area contributed by atoms with Gasteiger partial charge in [0.25, 0.3) is 0 Å². The summed E-state index contributed by atoms with van der Waals surface area (Å²) in [5, 5.41) is 22.9. The lowest BCUT2D eigenvalue weighted by atomic mass is 9.77. The molecule has 2 bridgehead atoms. The lowest BCUT2D eigenvalue weighted by molar-refractivity contribution is -0.605. The van der Waals surface area contributed by atoms with Gasteiger partial charge < -0.3 is 24.5 Å². The molecule has 3 atom stereocenters. The molecule has 3 aliphatic heterocycles. The first kappa shape index (κ1) is 36.2. The van der Waals surface area contributed by atoms with Gasteiger partial charge in [0.05, 0.1) is 32.4 Å². The van der Waals surface area contributed by atoms with E-state index in [0.717, 1.165) is 25.9 Å². The van der Waals surface area contributed by atoms with E-state index < -0.39 is 29.7 Å². The summed E-state index contributed by atoms with van der Waals surface area (Å²) in [7, 11) is 2.99. The van der Waals surface area contributed by atoms with Crippen LogP contribution in [0.15, 0.2) is 79.1 Å². The molecule has 4 aromatic rings. The Morgan fingerprint density at radius 2 is 1.63 bits per heavy atom. The summed E-state index contributed by atoms with van der Waals surface area (Å²) in [4.78, 5) is 30.4. The van der Waals surface area contributed by atoms with E-state index in [1.165, 1.54) is 43.6 Å². The third kappa shape index (κ3) is 8.01. The number of amides is 1. The van der Waals surface area contributed by atoms with Crippen molar-refractivity contribution in [3.05, 3.63) is 122 Å². The highest BCUT2D eigenvalue weighted by Crippen LogP contribution is 2.42. The standard InChI is InChI=1S/C38H38Cl2FN3O7/c1-49-33-12-11-26(17-34(33)50-2)27(18-28-29(39)20-43(48)21-30(28)40)36(37(45)46)25-9-7-23(8-10-25)19-44(32-6-4-3-5-31(32)41)38(47)51-35-22-42-15-13-24(35)14-16-42/h3-12,17,20-21,24,27,35-36H,13-16,18-19,22H2,1-2H3,(H,45,46)/t27-,35+,36?/m1/s1. The van der Waals surface area contributed by atoms with Crippen LogP contribution in [-0.2, 0) is 22.5 Å². The van der Waals surface area contributed by atoms with Crippen molar-refractivity contribution in [1.29, 1.82) is 0 Å². The van der Waals surface area contributed by atoms with Gasteiger partial charge in [-0.3, -0.25) is 14.6 Å². The van der Waals surface area contributed by atoms with Gasteiger partial charge in [0.15, 0.2) is 23.9 Å². The molecule has 0 aliphatic carbocycles. The summed E-state index contributed by atoms with van der Waals surface area (Å²) in [6.07, 6.45) is 3.40. The van der Waals surface area contributed by atoms with E-state index in [9.17, 15) is 19.9 Å². The predicted molar refractivity (Wildman–Crippen MR) is 190 cm³/mol. The van der Waals surface area contributed by atoms with Crippen LogP contribution in [0.4, 0.5) is 14.9 Å². The Morgan fingerprint density at radius 3 is 2.22 bits per heavy atom. The largest absolute Gasteiger partial charge is 0.619 e. The maximum atomic E-state index is 15.1. The molecule has 1 amide bonds. The Bertz CT molecular complexity index is 1870. The van der Waals surface area contributed by atoms with Gasteiger partial charge >= 0.3 is 12.1 Å². The maximum absolute atomic E-state index is 15.1. The van der Waals surface area contributed by atoms with E-state index in [1.54, 1.807) is 54.6 Å². The molecule has 1 N–H and O–H groups in total. The van der Waals surface area contributed by atoms with Crippen LogP contribution < -0.4 is 19.1 Å². The minimum absolute atomic E-state index is 0.0115. The molecule has 51 heavy (non-hydrogen) atoms. The average Bonchev–Trinajstić information content (AvgIpc) is 3.12. The number of hydrogen-bond donors (Lipinski definition) is 1. The number of anilines is 1. The van der Waals surface area contributed by atoms with Gasteiger partial charge in [-0.1, -0.05) is 65.7 Å². The summed E-state index contributed by atoms with van der Waals surface area (Å²) in [5.41, 5.74) is 2.20. The van der Waals surface area contributed by atoms with Gasteiger partial charge in [0, 0.05) is 18.0 Å². The minimum atomic E-state index is -1.12. The highest BCUT2D eigenvalue weighted by Gasteiger charge is 2.38. The smallest absolute Gasteiger partial charge is 0.415 e. The number of methoxy groups -OCH3 is 2. The van der Waals surface area contributed by atoms with Crippen LogP contribution in [-0.4, -0.2) is 62.0 Å². The fraction of sp³-hybridized carbons (Fsp3) is 0.342. The zero-order chi connectivity index (χ0) is 36.2. The lowest BCUT2D eigenvalue weighted by Gasteiger charge is -2.44. The van der Waals surface area contributed by atoms with Crippen molar-refractivity contribution < 1.29 is 38.0 Å². The first-order valence-corrected chi connectivity index (χ1v) is 17.4. The Kier molecular flexibility index (Phi) is 11.2. The zero-order valence-electron chi connectivity index (χ0n) is 28.1. The van der Waals surface area contributed by atoms with E-state index >= 15 is 4.39 Å². The minimum Gasteiger partial charge on any atom is -0.619 e. The molecule has 3 aliphatic rings. The Balaban J connectivity index is 1.32. The highest BCUT2D eigenvalue weighted by molar-refractivity contribution is 6.35. The molecule has 13 heteroatoms. The van der Waals surface area contributed by atoms with Gasteiger partial charge in [-0.2, -0.15) is 4.73 Å². The highest BCUT2D eigenvalue weighted by atomic mass is 35.5. The van der Waals surface area contributed by atoms with E-state index in [2.05, 4.69) is 4.90 Å². The lowest BCUT2D eigenvalue weighted by Crippen LogP contribution is -2.53. The van der Waals surface area contributed by atoms with E-state index in [-0.39, 0.29) is 40.7 Å². The summed E-state index contributed by atoms with van der Waals surface area (Å²) < 4.78 is 32.5. The number of hydrogen-bond acceptors (Lipinski definition) is 7. The second-order valence-corrected chi connectivity index (χ2v) is 13.7. The van der Waals surface area contributed by atoms with Crippen LogP contribution >= 0.6 is 23.2 Å². The number of carboxylic acids is 1. The number of aliphatic carboxylic acids is 1. The van der Waals surface area contributed by atoms with Gasteiger partial charge in [0.2, 0.25) is 0 Å². The third-order valence-corrected chi connectivity index (χ3v) is 10.5. The van der Waals surface area contributed by atoms with Crippen LogP contribution in [0.1, 0.15) is 46.9 Å². The molecule has 0 spiro atoms. The monoisotopic (exact) mass is 737 g/mol. The molecular formula is C38H38Cl2FN3O7. The summed E-state index contributed by atoms with van der Waals surface area (Å²) in [6, 6.07) is 18.0. The number of carbonyl (C=O) groups is 2. The number of rotatable bonds is 12. The number of para-hydroxylation sites is 1. The number of fused-ring (bicyclic) bond motifs is 3. The number of benzene rings is 3. The summed E-state index contributed by atoms with van der Waals surface area (Å²) in [5.74, 6) is -2.39. The Labute approximate surface area is 305 Å². The van der Waals surface area contributed by atoms with E-state index in [0.29, 0.717) is 45.0 Å². The molecule has 10 nitrogen and oxygen atoms in total. The number of carboxylic acid groups (broad SMARTS) is 1. The van der Waals surface area contributed by atoms with Gasteiger partial charge in [0.1, 0.15) is 22.0 Å². The SMILES string of the molecule is COc1ccc([C@@H](Cc2c(Cl)c[n+]([O-])cc2Cl)C(C(=O)O)c2ccc(CN(C(=O)O[C@H]3CN4CCC3CC4)c3ccccc3F)cc2)cc1OC.